The maximum atomic E-state index is 13.0. The number of benzene rings is 3. The molecule has 31 heavy (non-hydrogen) atoms. The lowest BCUT2D eigenvalue weighted by Gasteiger charge is -2.10. The number of rotatable bonds is 4. The summed E-state index contributed by atoms with van der Waals surface area (Å²) in [6, 6.07) is 18.5. The summed E-state index contributed by atoms with van der Waals surface area (Å²) in [5.74, 6) is 0.143. The molecule has 0 aliphatic heterocycles. The second-order valence-corrected chi connectivity index (χ2v) is 8.66. The maximum absolute atomic E-state index is 13.0. The molecule has 156 valence electrons. The lowest BCUT2D eigenvalue weighted by molar-refractivity contribution is 0.101. The zero-order valence-electron chi connectivity index (χ0n) is 16.7. The van der Waals surface area contributed by atoms with E-state index in [1.54, 1.807) is 22.9 Å². The third-order valence-corrected chi connectivity index (χ3v) is 6.24. The molecule has 0 fully saturated rings. The van der Waals surface area contributed by atoms with Gasteiger partial charge in [-0.05, 0) is 61.4 Å². The van der Waals surface area contributed by atoms with Crippen LogP contribution >= 0.6 is 39.1 Å². The van der Waals surface area contributed by atoms with E-state index >= 15 is 0 Å². The molecule has 0 radical (unpaired) electrons. The molecule has 0 bridgehead atoms. The van der Waals surface area contributed by atoms with Crippen LogP contribution in [0.3, 0.4) is 0 Å². The fraction of sp³-hybridized carbons (Fsp3) is 0.0870. The maximum Gasteiger partial charge on any atom is 0.295 e. The zero-order valence-corrected chi connectivity index (χ0v) is 19.8. The van der Waals surface area contributed by atoms with Crippen molar-refractivity contribution in [3.05, 3.63) is 92.1 Å². The summed E-state index contributed by atoms with van der Waals surface area (Å²) in [4.78, 5) is 17.5. The van der Waals surface area contributed by atoms with Gasteiger partial charge in [0.05, 0.1) is 5.69 Å². The van der Waals surface area contributed by atoms with E-state index in [4.69, 9.17) is 23.2 Å². The van der Waals surface area contributed by atoms with E-state index in [9.17, 15) is 4.79 Å². The van der Waals surface area contributed by atoms with Crippen LogP contribution in [0.2, 0.25) is 10.0 Å². The molecular formula is C23H17BrCl2N4O. The third kappa shape index (κ3) is 4.37. The Balaban J connectivity index is 1.81. The van der Waals surface area contributed by atoms with Crippen molar-refractivity contribution in [2.24, 2.45) is 0 Å². The minimum atomic E-state index is -0.429. The van der Waals surface area contributed by atoms with Crippen molar-refractivity contribution >= 4 is 50.7 Å². The number of nitrogens with one attached hydrogen (secondary N) is 1. The van der Waals surface area contributed by atoms with Crippen LogP contribution in [0.1, 0.15) is 21.7 Å². The Labute approximate surface area is 198 Å². The standard InChI is InChI=1S/C23H17BrCl2N4O/c1-13-17(25)5-3-7-19(13)27-23(31)21-28-22(15-9-11-16(24)12-10-15)30(29-21)20-8-4-6-18(26)14(20)2/h3-12H,1-2H3,(H,27,31). The van der Waals surface area contributed by atoms with Crippen LogP contribution in [0, 0.1) is 13.8 Å². The molecule has 0 aliphatic carbocycles. The van der Waals surface area contributed by atoms with E-state index in [2.05, 4.69) is 31.3 Å². The molecule has 1 N–H and O–H groups in total. The number of nitrogens with zero attached hydrogens (tertiary/aromatic N) is 3. The van der Waals surface area contributed by atoms with Gasteiger partial charge in [0.1, 0.15) is 0 Å². The van der Waals surface area contributed by atoms with Gasteiger partial charge in [-0.15, -0.1) is 5.10 Å². The lowest BCUT2D eigenvalue weighted by atomic mass is 10.1. The van der Waals surface area contributed by atoms with E-state index in [0.717, 1.165) is 26.9 Å². The summed E-state index contributed by atoms with van der Waals surface area (Å²) in [7, 11) is 0. The minimum absolute atomic E-state index is 0.0386. The molecule has 1 amide bonds. The number of aromatic nitrogens is 3. The smallest absolute Gasteiger partial charge is 0.295 e. The predicted octanol–water partition coefficient (Wildman–Crippen LogP) is 6.87. The van der Waals surface area contributed by atoms with Gasteiger partial charge in [-0.1, -0.05) is 63.4 Å². The van der Waals surface area contributed by atoms with Gasteiger partial charge in [-0.2, -0.15) is 0 Å². The normalized spacial score (nSPS) is 10.9. The Kier molecular flexibility index (Phi) is 6.14. The molecule has 3 aromatic carbocycles. The van der Waals surface area contributed by atoms with Crippen molar-refractivity contribution in [1.29, 1.82) is 0 Å². The van der Waals surface area contributed by atoms with Gasteiger partial charge < -0.3 is 5.32 Å². The number of hydrogen-bond acceptors (Lipinski definition) is 3. The number of carbonyl (C=O) groups excluding carboxylic acids is 1. The van der Waals surface area contributed by atoms with Gasteiger partial charge in [0, 0.05) is 25.8 Å². The zero-order chi connectivity index (χ0) is 22.1. The Morgan fingerprint density at radius 2 is 1.58 bits per heavy atom. The largest absolute Gasteiger partial charge is 0.319 e. The molecular weight excluding hydrogens is 499 g/mol. The van der Waals surface area contributed by atoms with Crippen molar-refractivity contribution in [2.45, 2.75) is 13.8 Å². The highest BCUT2D eigenvalue weighted by atomic mass is 79.9. The summed E-state index contributed by atoms with van der Waals surface area (Å²) < 4.78 is 2.58. The van der Waals surface area contributed by atoms with Crippen LogP contribution in [0.4, 0.5) is 5.69 Å². The SMILES string of the molecule is Cc1c(Cl)cccc1NC(=O)c1nc(-c2ccc(Br)cc2)n(-c2cccc(Cl)c2C)n1. The molecule has 0 atom stereocenters. The number of carbonyl (C=O) groups is 1. The number of hydrogen-bond donors (Lipinski definition) is 1. The van der Waals surface area contributed by atoms with E-state index < -0.39 is 5.91 Å². The molecule has 0 aliphatic rings. The molecule has 4 aromatic rings. The van der Waals surface area contributed by atoms with Gasteiger partial charge in [0.15, 0.2) is 5.82 Å². The van der Waals surface area contributed by atoms with Crippen LogP contribution in [0.5, 0.6) is 0 Å². The Morgan fingerprint density at radius 3 is 2.29 bits per heavy atom. The monoisotopic (exact) mass is 514 g/mol. The molecule has 1 heterocycles. The second-order valence-electron chi connectivity index (χ2n) is 6.93. The van der Waals surface area contributed by atoms with Crippen molar-refractivity contribution in [1.82, 2.24) is 14.8 Å². The Morgan fingerprint density at radius 1 is 0.935 bits per heavy atom. The highest BCUT2D eigenvalue weighted by molar-refractivity contribution is 9.10. The van der Waals surface area contributed by atoms with E-state index in [0.29, 0.717) is 21.6 Å². The fourth-order valence-corrected chi connectivity index (χ4v) is 3.72. The van der Waals surface area contributed by atoms with Crippen LogP contribution in [-0.2, 0) is 0 Å². The third-order valence-electron chi connectivity index (χ3n) is 4.90. The summed E-state index contributed by atoms with van der Waals surface area (Å²) in [6.07, 6.45) is 0. The van der Waals surface area contributed by atoms with E-state index in [1.807, 2.05) is 56.3 Å². The Hall–Kier alpha value is -2.67. The highest BCUT2D eigenvalue weighted by Gasteiger charge is 2.21. The van der Waals surface area contributed by atoms with Gasteiger partial charge in [-0.25, -0.2) is 9.67 Å². The van der Waals surface area contributed by atoms with E-state index in [-0.39, 0.29) is 5.82 Å². The number of anilines is 1. The Bertz CT molecular complexity index is 1290. The fourth-order valence-electron chi connectivity index (χ4n) is 3.11. The number of amides is 1. The van der Waals surface area contributed by atoms with Gasteiger partial charge in [0.25, 0.3) is 5.91 Å². The summed E-state index contributed by atoms with van der Waals surface area (Å²) in [5.41, 5.74) is 3.78. The molecule has 5 nitrogen and oxygen atoms in total. The van der Waals surface area contributed by atoms with Gasteiger partial charge in [-0.3, -0.25) is 4.79 Å². The first-order valence-electron chi connectivity index (χ1n) is 9.40. The van der Waals surface area contributed by atoms with Crippen LogP contribution in [0.15, 0.2) is 65.1 Å². The van der Waals surface area contributed by atoms with Crippen molar-refractivity contribution in [3.8, 4) is 17.1 Å². The first-order valence-corrected chi connectivity index (χ1v) is 10.9. The second kappa shape index (κ2) is 8.83. The first kappa shape index (κ1) is 21.6. The van der Waals surface area contributed by atoms with Gasteiger partial charge >= 0.3 is 0 Å². The molecule has 1 aromatic heterocycles. The highest BCUT2D eigenvalue weighted by Crippen LogP contribution is 2.28. The van der Waals surface area contributed by atoms with Gasteiger partial charge in [0.2, 0.25) is 5.82 Å². The quantitative estimate of drug-likeness (QED) is 0.322. The van der Waals surface area contributed by atoms with Crippen molar-refractivity contribution in [3.63, 3.8) is 0 Å². The van der Waals surface area contributed by atoms with Crippen LogP contribution in [-0.4, -0.2) is 20.7 Å². The first-order chi connectivity index (χ1) is 14.8. The topological polar surface area (TPSA) is 59.8 Å². The molecule has 8 heteroatoms. The molecule has 0 saturated heterocycles. The molecule has 0 saturated carbocycles. The summed E-state index contributed by atoms with van der Waals surface area (Å²) >= 11 is 16.0. The van der Waals surface area contributed by atoms with E-state index in [1.165, 1.54) is 0 Å². The lowest BCUT2D eigenvalue weighted by Crippen LogP contribution is -2.15. The minimum Gasteiger partial charge on any atom is -0.319 e. The van der Waals surface area contributed by atoms with Crippen LogP contribution in [0.25, 0.3) is 17.1 Å². The summed E-state index contributed by atoms with van der Waals surface area (Å²) in [5, 5.41) is 8.55. The van der Waals surface area contributed by atoms with Crippen molar-refractivity contribution in [2.75, 3.05) is 5.32 Å². The van der Waals surface area contributed by atoms with Crippen LogP contribution < -0.4 is 5.32 Å². The van der Waals surface area contributed by atoms with Crippen molar-refractivity contribution < 1.29 is 4.79 Å². The summed E-state index contributed by atoms with van der Waals surface area (Å²) in [6.45, 7) is 3.74. The average Bonchev–Trinajstić information content (AvgIpc) is 3.19. The predicted molar refractivity (Wildman–Crippen MR) is 128 cm³/mol. The average molecular weight is 516 g/mol. The molecule has 4 rings (SSSR count). The molecule has 0 unspecified atom stereocenters. The molecule has 0 spiro atoms. The number of halogens is 3.